The molecule has 0 unspecified atom stereocenters. The average molecular weight is 277 g/mol. The molecule has 0 fully saturated rings. The van der Waals surface area contributed by atoms with Gasteiger partial charge in [-0.25, -0.2) is 9.59 Å². The standard InChI is InChI=1S/C12H14O6.Na/c13-5-7-17-11(15)9-3-1-2-4-10(9)12(16)18-8-6-14;/h1-4,13-14H,5-8H2;. The zero-order valence-electron chi connectivity index (χ0n) is 10.7. The molecule has 1 aromatic carbocycles. The Labute approximate surface area is 132 Å². The summed E-state index contributed by atoms with van der Waals surface area (Å²) in [6, 6.07) is 6.02. The van der Waals surface area contributed by atoms with Crippen LogP contribution in [-0.4, -0.2) is 78.1 Å². The van der Waals surface area contributed by atoms with Crippen molar-refractivity contribution in [2.75, 3.05) is 26.4 Å². The fourth-order valence-corrected chi connectivity index (χ4v) is 1.27. The van der Waals surface area contributed by atoms with Crippen LogP contribution in [0.15, 0.2) is 24.3 Å². The third-order valence-electron chi connectivity index (χ3n) is 2.02. The topological polar surface area (TPSA) is 93.1 Å². The SMILES string of the molecule is O=C(OCCO)c1ccccc1C(=O)OCCO.[Na]. The molecule has 1 rings (SSSR count). The first kappa shape index (κ1) is 18.1. The van der Waals surface area contributed by atoms with Gasteiger partial charge in [0.1, 0.15) is 13.2 Å². The Balaban J connectivity index is 0.00000324. The van der Waals surface area contributed by atoms with Gasteiger partial charge >= 0.3 is 11.9 Å². The summed E-state index contributed by atoms with van der Waals surface area (Å²) in [4.78, 5) is 23.2. The molecule has 0 atom stereocenters. The first-order valence-corrected chi connectivity index (χ1v) is 5.35. The van der Waals surface area contributed by atoms with Crippen molar-refractivity contribution in [2.45, 2.75) is 0 Å². The minimum atomic E-state index is -0.708. The Hall–Kier alpha value is -0.920. The molecule has 0 aromatic heterocycles. The monoisotopic (exact) mass is 277 g/mol. The van der Waals surface area contributed by atoms with Crippen molar-refractivity contribution in [1.29, 1.82) is 0 Å². The quantitative estimate of drug-likeness (QED) is 0.543. The van der Waals surface area contributed by atoms with E-state index in [1.54, 1.807) is 12.1 Å². The first-order valence-electron chi connectivity index (χ1n) is 5.35. The predicted octanol–water partition coefficient (Wildman–Crippen LogP) is -0.396. The van der Waals surface area contributed by atoms with E-state index in [9.17, 15) is 9.59 Å². The summed E-state index contributed by atoms with van der Waals surface area (Å²) < 4.78 is 9.45. The maximum Gasteiger partial charge on any atom is 0.339 e. The van der Waals surface area contributed by atoms with Crippen LogP contribution in [0.1, 0.15) is 20.7 Å². The van der Waals surface area contributed by atoms with E-state index in [0.29, 0.717) is 0 Å². The molecule has 0 saturated carbocycles. The molecule has 0 aliphatic rings. The van der Waals surface area contributed by atoms with Gasteiger partial charge in [-0.2, -0.15) is 0 Å². The van der Waals surface area contributed by atoms with Crippen LogP contribution in [0.25, 0.3) is 0 Å². The summed E-state index contributed by atoms with van der Waals surface area (Å²) in [6.45, 7) is -0.858. The Kier molecular flexibility index (Phi) is 9.46. The van der Waals surface area contributed by atoms with Crippen LogP contribution in [0.2, 0.25) is 0 Å². The van der Waals surface area contributed by atoms with E-state index in [4.69, 9.17) is 19.7 Å². The zero-order chi connectivity index (χ0) is 13.4. The molecule has 1 aromatic rings. The Morgan fingerprint density at radius 2 is 1.26 bits per heavy atom. The molecule has 0 saturated heterocycles. The normalized spacial score (nSPS) is 9.37. The largest absolute Gasteiger partial charge is 0.460 e. The van der Waals surface area contributed by atoms with Gasteiger partial charge in [0.25, 0.3) is 0 Å². The van der Waals surface area contributed by atoms with Crippen molar-refractivity contribution in [3.05, 3.63) is 35.4 Å². The Morgan fingerprint density at radius 3 is 1.58 bits per heavy atom. The van der Waals surface area contributed by atoms with Crippen LogP contribution < -0.4 is 0 Å². The van der Waals surface area contributed by atoms with Gasteiger partial charge in [0.15, 0.2) is 0 Å². The van der Waals surface area contributed by atoms with Gasteiger partial charge in [-0.1, -0.05) is 12.1 Å². The molecule has 0 amide bonds. The van der Waals surface area contributed by atoms with Gasteiger partial charge in [0, 0.05) is 29.6 Å². The van der Waals surface area contributed by atoms with E-state index in [0.717, 1.165) is 0 Å². The van der Waals surface area contributed by atoms with Gasteiger partial charge in [0.05, 0.1) is 24.3 Å². The maximum absolute atomic E-state index is 11.6. The number of aliphatic hydroxyl groups excluding tert-OH is 2. The van der Waals surface area contributed by atoms with Crippen LogP contribution in [0, 0.1) is 0 Å². The summed E-state index contributed by atoms with van der Waals surface area (Å²) in [5.74, 6) is -1.42. The van der Waals surface area contributed by atoms with Gasteiger partial charge in [-0.15, -0.1) is 0 Å². The van der Waals surface area contributed by atoms with E-state index >= 15 is 0 Å². The summed E-state index contributed by atoms with van der Waals surface area (Å²) >= 11 is 0. The predicted molar refractivity (Wildman–Crippen MR) is 66.9 cm³/mol. The van der Waals surface area contributed by atoms with E-state index in [2.05, 4.69) is 0 Å². The summed E-state index contributed by atoms with van der Waals surface area (Å²) in [5.41, 5.74) is 0.128. The molecule has 0 aliphatic carbocycles. The smallest absolute Gasteiger partial charge is 0.339 e. The van der Waals surface area contributed by atoms with Crippen LogP contribution in [-0.2, 0) is 9.47 Å². The number of hydrogen-bond acceptors (Lipinski definition) is 6. The number of carbonyl (C=O) groups excluding carboxylic acids is 2. The van der Waals surface area contributed by atoms with Crippen molar-refractivity contribution < 1.29 is 29.3 Å². The molecule has 0 bridgehead atoms. The molecule has 19 heavy (non-hydrogen) atoms. The molecule has 0 aliphatic heterocycles. The maximum atomic E-state index is 11.6. The van der Waals surface area contributed by atoms with Crippen molar-refractivity contribution in [1.82, 2.24) is 0 Å². The number of rotatable bonds is 6. The summed E-state index contributed by atoms with van der Waals surface area (Å²) in [7, 11) is 0. The van der Waals surface area contributed by atoms with Crippen LogP contribution >= 0.6 is 0 Å². The number of carbonyl (C=O) groups is 2. The number of hydrogen-bond donors (Lipinski definition) is 2. The fraction of sp³-hybridized carbons (Fsp3) is 0.333. The Bertz CT molecular complexity index is 381. The number of aliphatic hydroxyl groups is 2. The van der Waals surface area contributed by atoms with E-state index in [1.165, 1.54) is 12.1 Å². The molecule has 2 N–H and O–H groups in total. The molecule has 1 radical (unpaired) electrons. The second-order valence-corrected chi connectivity index (χ2v) is 3.26. The zero-order valence-corrected chi connectivity index (χ0v) is 12.7. The molecular weight excluding hydrogens is 263 g/mol. The summed E-state index contributed by atoms with van der Waals surface area (Å²) in [6.07, 6.45) is 0. The minimum Gasteiger partial charge on any atom is -0.460 e. The molecule has 99 valence electrons. The van der Waals surface area contributed by atoms with Crippen molar-refractivity contribution in [3.63, 3.8) is 0 Å². The van der Waals surface area contributed by atoms with Crippen molar-refractivity contribution >= 4 is 41.5 Å². The molecule has 0 spiro atoms. The van der Waals surface area contributed by atoms with Crippen LogP contribution in [0.5, 0.6) is 0 Å². The van der Waals surface area contributed by atoms with E-state index in [1.807, 2.05) is 0 Å². The molecule has 0 heterocycles. The summed E-state index contributed by atoms with van der Waals surface area (Å²) in [5, 5.41) is 17.1. The third-order valence-corrected chi connectivity index (χ3v) is 2.02. The second-order valence-electron chi connectivity index (χ2n) is 3.26. The molecular formula is C12H14NaO6. The van der Waals surface area contributed by atoms with E-state index < -0.39 is 11.9 Å². The minimum absolute atomic E-state index is 0. The Morgan fingerprint density at radius 1 is 0.895 bits per heavy atom. The van der Waals surface area contributed by atoms with Gasteiger partial charge in [-0.3, -0.25) is 0 Å². The molecule has 7 heteroatoms. The number of benzene rings is 1. The van der Waals surface area contributed by atoms with Gasteiger partial charge in [-0.05, 0) is 12.1 Å². The fourth-order valence-electron chi connectivity index (χ4n) is 1.27. The van der Waals surface area contributed by atoms with Crippen LogP contribution in [0.4, 0.5) is 0 Å². The van der Waals surface area contributed by atoms with Gasteiger partial charge in [0.2, 0.25) is 0 Å². The number of ether oxygens (including phenoxy) is 2. The number of esters is 2. The van der Waals surface area contributed by atoms with E-state index in [-0.39, 0.29) is 67.1 Å². The van der Waals surface area contributed by atoms with Crippen LogP contribution in [0.3, 0.4) is 0 Å². The molecule has 6 nitrogen and oxygen atoms in total. The van der Waals surface area contributed by atoms with Crippen molar-refractivity contribution in [3.8, 4) is 0 Å². The third kappa shape index (κ3) is 5.71. The average Bonchev–Trinajstić information content (AvgIpc) is 2.42. The van der Waals surface area contributed by atoms with Crippen molar-refractivity contribution in [2.24, 2.45) is 0 Å². The van der Waals surface area contributed by atoms with Gasteiger partial charge < -0.3 is 19.7 Å². The first-order chi connectivity index (χ1) is 8.70. The second kappa shape index (κ2) is 9.94.